The van der Waals surface area contributed by atoms with Gasteiger partial charge >= 0.3 is 35.9 Å². The van der Waals surface area contributed by atoms with Crippen LogP contribution in [0.25, 0.3) is 0 Å². The Balaban J connectivity index is 1.95. The lowest BCUT2D eigenvalue weighted by molar-refractivity contribution is -0.529. The summed E-state index contributed by atoms with van der Waals surface area (Å²) < 4.78 is 51.8. The molecule has 0 spiro atoms. The summed E-state index contributed by atoms with van der Waals surface area (Å²) in [6, 6.07) is 7.03. The van der Waals surface area contributed by atoms with Crippen LogP contribution in [0.3, 0.4) is 0 Å². The van der Waals surface area contributed by atoms with Gasteiger partial charge in [-0.15, -0.1) is 0 Å². The first kappa shape index (κ1) is 40.3. The Morgan fingerprint density at radius 3 is 1.90 bits per heavy atom. The van der Waals surface area contributed by atoms with Crippen molar-refractivity contribution in [3.63, 3.8) is 0 Å². The molecule has 50 heavy (non-hydrogen) atoms. The van der Waals surface area contributed by atoms with E-state index in [1.807, 2.05) is 0 Å². The summed E-state index contributed by atoms with van der Waals surface area (Å²) in [7, 11) is 1.15. The quantitative estimate of drug-likeness (QED) is 0.0519. The predicted molar refractivity (Wildman–Crippen MR) is 171 cm³/mol. The molecule has 0 bridgehead atoms. The van der Waals surface area contributed by atoms with Gasteiger partial charge in [0, 0.05) is 39.7 Å². The van der Waals surface area contributed by atoms with E-state index in [2.05, 4.69) is 0 Å². The zero-order chi connectivity index (χ0) is 37.4. The Kier molecular flexibility index (Phi) is 13.5. The van der Waals surface area contributed by atoms with E-state index in [-0.39, 0.29) is 19.4 Å². The van der Waals surface area contributed by atoms with E-state index in [9.17, 15) is 29.2 Å². The molecule has 1 unspecified atom stereocenters. The summed E-state index contributed by atoms with van der Waals surface area (Å²) in [6.07, 6.45) is -5.59. The molecule has 0 aromatic heterocycles. The molecule has 1 aromatic carbocycles. The van der Waals surface area contributed by atoms with Crippen molar-refractivity contribution in [2.24, 2.45) is 0 Å². The van der Waals surface area contributed by atoms with Gasteiger partial charge in [0.05, 0.1) is 24.9 Å². The second-order valence-corrected chi connectivity index (χ2v) is 12.9. The Hall–Kier alpha value is -4.12. The van der Waals surface area contributed by atoms with Crippen molar-refractivity contribution in [1.29, 1.82) is 0 Å². The van der Waals surface area contributed by atoms with Crippen LogP contribution in [0.4, 0.5) is 0 Å². The second-order valence-electron chi connectivity index (χ2n) is 12.9. The Morgan fingerprint density at radius 1 is 0.840 bits per heavy atom. The molecule has 16 heteroatoms. The van der Waals surface area contributed by atoms with Gasteiger partial charge in [-0.25, -0.2) is 4.79 Å². The summed E-state index contributed by atoms with van der Waals surface area (Å²) in [6.45, 7) is 11.0. The van der Waals surface area contributed by atoms with Crippen LogP contribution in [0.15, 0.2) is 30.3 Å². The highest BCUT2D eigenvalue weighted by Crippen LogP contribution is 2.48. The van der Waals surface area contributed by atoms with E-state index in [1.165, 1.54) is 6.21 Å². The van der Waals surface area contributed by atoms with Crippen LogP contribution in [-0.2, 0) is 66.6 Å². The SMILES string of the molecule is COC(=O)C(/[N+]([O-])=C\c1ccccc1)C1(CCCO[C@@H]2O[C@H](COC(C)=O)[C@H](OC(C)=O)[C@H](OC(C)=O)[C@H]2OC(C)=O)OC(C)(C)C(C)(C)O1. The molecule has 0 amide bonds. The molecule has 3 rings (SSSR count). The summed E-state index contributed by atoms with van der Waals surface area (Å²) in [5.74, 6) is -5.74. The maximum absolute atomic E-state index is 13.7. The van der Waals surface area contributed by atoms with E-state index in [1.54, 1.807) is 58.0 Å². The monoisotopic (exact) mass is 709 g/mol. The standard InChI is InChI=1S/C34H47NO15/c1-20(36)44-19-25-26(45-21(2)37)27(46-22(3)38)28(47-23(4)39)31(48-25)43-17-13-16-34(49-32(5,6)33(7,8)50-34)29(30(40)42-9)35(41)18-24-14-11-10-12-15-24/h10-12,14-15,18,25-29,31H,13,16-17,19H2,1-9H3/b35-18+/t25-,26+,27+,28-,29?,31-/m1/s1. The van der Waals surface area contributed by atoms with Gasteiger partial charge in [0.25, 0.3) is 0 Å². The molecule has 6 atom stereocenters. The topological polar surface area (TPSA) is 194 Å². The number of hydrogen-bond acceptors (Lipinski definition) is 15. The number of hydrogen-bond donors (Lipinski definition) is 0. The number of hydroxylamine groups is 1. The van der Waals surface area contributed by atoms with E-state index < -0.39 is 90.2 Å². The van der Waals surface area contributed by atoms with Gasteiger partial charge in [-0.3, -0.25) is 19.2 Å². The van der Waals surface area contributed by atoms with Crippen molar-refractivity contribution in [2.45, 2.75) is 122 Å². The van der Waals surface area contributed by atoms with Crippen LogP contribution < -0.4 is 0 Å². The van der Waals surface area contributed by atoms with E-state index in [4.69, 9.17) is 42.6 Å². The maximum Gasteiger partial charge on any atom is 0.382 e. The molecule has 2 aliphatic heterocycles. The van der Waals surface area contributed by atoms with Crippen LogP contribution in [-0.4, -0.2) is 115 Å². The number of carbonyl (C=O) groups excluding carboxylic acids is 5. The number of methoxy groups -OCH3 is 1. The minimum absolute atomic E-state index is 0.0751. The van der Waals surface area contributed by atoms with E-state index >= 15 is 0 Å². The van der Waals surface area contributed by atoms with Gasteiger partial charge in [0.2, 0.25) is 5.79 Å². The van der Waals surface area contributed by atoms with Crippen LogP contribution >= 0.6 is 0 Å². The molecule has 0 aliphatic carbocycles. The van der Waals surface area contributed by atoms with Crippen LogP contribution in [0, 0.1) is 5.21 Å². The fourth-order valence-electron chi connectivity index (χ4n) is 5.67. The summed E-state index contributed by atoms with van der Waals surface area (Å²) >= 11 is 0. The number of carbonyl (C=O) groups is 5. The highest BCUT2D eigenvalue weighted by atomic mass is 16.8. The van der Waals surface area contributed by atoms with Crippen LogP contribution in [0.2, 0.25) is 0 Å². The Bertz CT molecular complexity index is 1390. The number of benzene rings is 1. The van der Waals surface area contributed by atoms with Gasteiger partial charge in [-0.2, -0.15) is 4.74 Å². The van der Waals surface area contributed by atoms with Gasteiger partial charge in [0.15, 0.2) is 30.8 Å². The van der Waals surface area contributed by atoms with Crippen molar-refractivity contribution in [1.82, 2.24) is 0 Å². The molecule has 1 aromatic rings. The Labute approximate surface area is 290 Å². The number of rotatable bonds is 14. The molecule has 2 aliphatic rings. The summed E-state index contributed by atoms with van der Waals surface area (Å²) in [4.78, 5) is 61.3. The van der Waals surface area contributed by atoms with Crippen molar-refractivity contribution < 1.29 is 71.3 Å². The largest absolute Gasteiger partial charge is 0.623 e. The average molecular weight is 710 g/mol. The van der Waals surface area contributed by atoms with Gasteiger partial charge in [0.1, 0.15) is 12.7 Å². The van der Waals surface area contributed by atoms with Crippen molar-refractivity contribution in [3.8, 4) is 0 Å². The van der Waals surface area contributed by atoms with E-state index in [0.717, 1.165) is 34.8 Å². The minimum Gasteiger partial charge on any atom is -0.623 e. The normalized spacial score (nSPS) is 25.9. The minimum atomic E-state index is -1.84. The second kappa shape index (κ2) is 16.7. The van der Waals surface area contributed by atoms with Crippen molar-refractivity contribution in [3.05, 3.63) is 41.1 Å². The first-order valence-electron chi connectivity index (χ1n) is 16.1. The van der Waals surface area contributed by atoms with Crippen LogP contribution in [0.5, 0.6) is 0 Å². The first-order valence-corrected chi connectivity index (χ1v) is 16.1. The third-order valence-corrected chi connectivity index (χ3v) is 8.38. The zero-order valence-corrected chi connectivity index (χ0v) is 29.8. The highest BCUT2D eigenvalue weighted by molar-refractivity contribution is 5.80. The molecule has 0 N–H and O–H groups in total. The van der Waals surface area contributed by atoms with Gasteiger partial charge < -0.3 is 47.8 Å². The van der Waals surface area contributed by atoms with Crippen molar-refractivity contribution >= 4 is 36.1 Å². The lowest BCUT2D eigenvalue weighted by Crippen LogP contribution is -2.63. The molecule has 0 radical (unpaired) electrons. The van der Waals surface area contributed by atoms with Crippen molar-refractivity contribution in [2.75, 3.05) is 20.3 Å². The van der Waals surface area contributed by atoms with E-state index in [0.29, 0.717) is 10.3 Å². The summed E-state index contributed by atoms with van der Waals surface area (Å²) in [5, 5.41) is 13.7. The molecular weight excluding hydrogens is 662 g/mol. The fraction of sp³-hybridized carbons (Fsp3) is 0.647. The summed E-state index contributed by atoms with van der Waals surface area (Å²) in [5.41, 5.74) is -1.43. The highest BCUT2D eigenvalue weighted by Gasteiger charge is 2.65. The fourth-order valence-corrected chi connectivity index (χ4v) is 5.67. The molecule has 16 nitrogen and oxygen atoms in total. The first-order chi connectivity index (χ1) is 23.3. The number of nitrogens with zero attached hydrogens (tertiary/aromatic N) is 1. The molecule has 2 saturated heterocycles. The smallest absolute Gasteiger partial charge is 0.382 e. The lowest BCUT2D eigenvalue weighted by Gasteiger charge is -2.44. The third-order valence-electron chi connectivity index (χ3n) is 8.38. The number of esters is 5. The lowest BCUT2D eigenvalue weighted by atomic mass is 9.90. The Morgan fingerprint density at radius 2 is 1.38 bits per heavy atom. The van der Waals surface area contributed by atoms with Gasteiger partial charge in [-0.1, -0.05) is 18.2 Å². The molecule has 0 saturated carbocycles. The zero-order valence-electron chi connectivity index (χ0n) is 29.8. The van der Waals surface area contributed by atoms with Crippen LogP contribution in [0.1, 0.15) is 73.8 Å². The van der Waals surface area contributed by atoms with Gasteiger partial charge in [-0.05, 0) is 46.2 Å². The predicted octanol–water partition coefficient (Wildman–Crippen LogP) is 2.34. The third kappa shape index (κ3) is 9.99. The average Bonchev–Trinajstić information content (AvgIpc) is 3.19. The number of ether oxygens (including phenoxy) is 9. The molecule has 2 fully saturated rings. The molecular formula is C34H47NO15. The molecule has 2 heterocycles. The maximum atomic E-state index is 13.7. The molecule has 278 valence electrons.